The SMILES string of the molecule is CCN(CC)c1ccc(NC(=O)Nc2ccc3c(c2)C(=O)N(C(C)(C)C)C3=O)c(C)c1.[Cl-]. The predicted octanol–water partition coefficient (Wildman–Crippen LogP) is 1.88. The molecule has 3 rings (SSSR count). The molecule has 1 aliphatic heterocycles. The van der Waals surface area contributed by atoms with Crippen molar-refractivity contribution in [3.05, 3.63) is 53.1 Å². The van der Waals surface area contributed by atoms with E-state index in [0.29, 0.717) is 22.5 Å². The van der Waals surface area contributed by atoms with Gasteiger partial charge in [0.2, 0.25) is 0 Å². The number of fused-ring (bicyclic) bond motifs is 1. The molecule has 0 atom stereocenters. The maximum absolute atomic E-state index is 12.7. The van der Waals surface area contributed by atoms with Crippen molar-refractivity contribution in [1.82, 2.24) is 4.90 Å². The zero-order chi connectivity index (χ0) is 22.9. The summed E-state index contributed by atoms with van der Waals surface area (Å²) in [6.07, 6.45) is 0. The molecule has 0 saturated heterocycles. The second-order valence-electron chi connectivity index (χ2n) is 8.63. The molecule has 0 fully saturated rings. The summed E-state index contributed by atoms with van der Waals surface area (Å²) in [4.78, 5) is 41.4. The van der Waals surface area contributed by atoms with Gasteiger partial charge in [-0.15, -0.1) is 0 Å². The van der Waals surface area contributed by atoms with Crippen LogP contribution in [0.3, 0.4) is 0 Å². The van der Waals surface area contributed by atoms with Gasteiger partial charge in [0.25, 0.3) is 11.8 Å². The molecule has 2 N–H and O–H groups in total. The number of carbonyl (C=O) groups excluding carboxylic acids is 3. The molecule has 8 heteroatoms. The molecule has 172 valence electrons. The number of amides is 4. The molecule has 0 radical (unpaired) electrons. The monoisotopic (exact) mass is 457 g/mol. The lowest BCUT2D eigenvalue weighted by atomic mass is 10.1. The van der Waals surface area contributed by atoms with Gasteiger partial charge in [0.05, 0.1) is 11.1 Å². The van der Waals surface area contributed by atoms with Crippen molar-refractivity contribution in [2.75, 3.05) is 28.6 Å². The van der Waals surface area contributed by atoms with Gasteiger partial charge < -0.3 is 27.9 Å². The average molecular weight is 458 g/mol. The van der Waals surface area contributed by atoms with E-state index in [0.717, 1.165) is 24.3 Å². The molecule has 32 heavy (non-hydrogen) atoms. The van der Waals surface area contributed by atoms with Gasteiger partial charge in [-0.25, -0.2) is 4.79 Å². The maximum atomic E-state index is 12.7. The Balaban J connectivity index is 0.00000363. The number of aryl methyl sites for hydroxylation is 1. The van der Waals surface area contributed by atoms with Crippen LogP contribution >= 0.6 is 0 Å². The van der Waals surface area contributed by atoms with Crippen molar-refractivity contribution >= 4 is 34.9 Å². The minimum atomic E-state index is -0.618. The lowest BCUT2D eigenvalue weighted by molar-refractivity contribution is -0.0000441. The number of benzene rings is 2. The van der Waals surface area contributed by atoms with E-state index < -0.39 is 11.6 Å². The van der Waals surface area contributed by atoms with E-state index in [4.69, 9.17) is 0 Å². The average Bonchev–Trinajstić information content (AvgIpc) is 2.95. The van der Waals surface area contributed by atoms with Gasteiger partial charge in [-0.05, 0) is 83.5 Å². The fourth-order valence-electron chi connectivity index (χ4n) is 3.79. The summed E-state index contributed by atoms with van der Waals surface area (Å²) in [5, 5.41) is 5.60. The quantitative estimate of drug-likeness (QED) is 0.672. The first-order chi connectivity index (χ1) is 14.6. The number of hydrogen-bond donors (Lipinski definition) is 2. The Morgan fingerprint density at radius 3 is 2.12 bits per heavy atom. The van der Waals surface area contributed by atoms with Crippen molar-refractivity contribution < 1.29 is 26.8 Å². The van der Waals surface area contributed by atoms with E-state index in [2.05, 4.69) is 29.4 Å². The van der Waals surface area contributed by atoms with Crippen LogP contribution in [0.5, 0.6) is 0 Å². The number of imide groups is 1. The van der Waals surface area contributed by atoms with Gasteiger partial charge in [-0.1, -0.05) is 0 Å². The van der Waals surface area contributed by atoms with Gasteiger partial charge in [0.1, 0.15) is 0 Å². The predicted molar refractivity (Wildman–Crippen MR) is 124 cm³/mol. The number of rotatable bonds is 5. The highest BCUT2D eigenvalue weighted by Crippen LogP contribution is 2.31. The van der Waals surface area contributed by atoms with E-state index in [1.165, 1.54) is 4.90 Å². The standard InChI is InChI=1S/C24H30N4O3.ClH/c1-7-27(8-2)17-10-12-20(15(3)13-17)26-23(31)25-16-9-11-18-19(14-16)22(30)28(21(18)29)24(4,5)6;/h9-14H,7-8H2,1-6H3,(H2,25,26,31);1H/p-1. The van der Waals surface area contributed by atoms with E-state index in [-0.39, 0.29) is 24.2 Å². The minimum Gasteiger partial charge on any atom is -1.00 e. The molecule has 0 unspecified atom stereocenters. The molecule has 0 bridgehead atoms. The molecule has 0 aromatic heterocycles. The van der Waals surface area contributed by atoms with Crippen molar-refractivity contribution in [2.45, 2.75) is 47.1 Å². The molecule has 2 aromatic rings. The summed E-state index contributed by atoms with van der Waals surface area (Å²) in [6, 6.07) is 10.3. The molecule has 0 aliphatic carbocycles. The largest absolute Gasteiger partial charge is 1.00 e. The third-order valence-corrected chi connectivity index (χ3v) is 5.40. The van der Waals surface area contributed by atoms with Crippen molar-refractivity contribution in [1.29, 1.82) is 0 Å². The Labute approximate surface area is 195 Å². The summed E-state index contributed by atoms with van der Waals surface area (Å²) in [7, 11) is 0. The fraction of sp³-hybridized carbons (Fsp3) is 0.375. The number of nitrogens with zero attached hydrogens (tertiary/aromatic N) is 2. The first-order valence-corrected chi connectivity index (χ1v) is 10.5. The molecule has 4 amide bonds. The molecular formula is C24H30ClN4O3-. The molecule has 0 saturated carbocycles. The van der Waals surface area contributed by atoms with Gasteiger partial charge in [-0.3, -0.25) is 14.5 Å². The van der Waals surface area contributed by atoms with Crippen molar-refractivity contribution in [3.63, 3.8) is 0 Å². The number of anilines is 3. The van der Waals surface area contributed by atoms with Crippen molar-refractivity contribution in [2.24, 2.45) is 0 Å². The van der Waals surface area contributed by atoms with Crippen LogP contribution in [0.25, 0.3) is 0 Å². The smallest absolute Gasteiger partial charge is 0.323 e. The first-order valence-electron chi connectivity index (χ1n) is 10.5. The zero-order valence-corrected chi connectivity index (χ0v) is 20.1. The Hall–Kier alpha value is -3.06. The van der Waals surface area contributed by atoms with Crippen LogP contribution < -0.4 is 27.9 Å². The first kappa shape index (κ1) is 25.2. The van der Waals surface area contributed by atoms with Crippen LogP contribution in [0.2, 0.25) is 0 Å². The Bertz CT molecular complexity index is 1040. The van der Waals surface area contributed by atoms with Crippen LogP contribution in [-0.4, -0.2) is 41.4 Å². The molecular weight excluding hydrogens is 428 g/mol. The van der Waals surface area contributed by atoms with Gasteiger partial charge >= 0.3 is 6.03 Å². The summed E-state index contributed by atoms with van der Waals surface area (Å²) in [6.45, 7) is 13.4. The van der Waals surface area contributed by atoms with E-state index in [1.54, 1.807) is 18.2 Å². The third-order valence-electron chi connectivity index (χ3n) is 5.40. The summed E-state index contributed by atoms with van der Waals surface area (Å²) < 4.78 is 0. The van der Waals surface area contributed by atoms with Crippen LogP contribution in [0.1, 0.15) is 60.9 Å². The summed E-state index contributed by atoms with van der Waals surface area (Å²) in [5.74, 6) is -0.660. The van der Waals surface area contributed by atoms with Crippen LogP contribution in [0.4, 0.5) is 21.9 Å². The molecule has 0 spiro atoms. The highest BCUT2D eigenvalue weighted by atomic mass is 35.5. The van der Waals surface area contributed by atoms with Crippen molar-refractivity contribution in [3.8, 4) is 0 Å². The highest BCUT2D eigenvalue weighted by molar-refractivity contribution is 6.22. The summed E-state index contributed by atoms with van der Waals surface area (Å²) >= 11 is 0. The molecule has 1 heterocycles. The number of halogens is 1. The number of urea groups is 1. The molecule has 7 nitrogen and oxygen atoms in total. The van der Waals surface area contributed by atoms with Gasteiger partial charge in [0, 0.05) is 35.7 Å². The highest BCUT2D eigenvalue weighted by Gasteiger charge is 2.41. The van der Waals surface area contributed by atoms with Crippen LogP contribution in [-0.2, 0) is 0 Å². The zero-order valence-electron chi connectivity index (χ0n) is 19.4. The van der Waals surface area contributed by atoms with Crippen LogP contribution in [0.15, 0.2) is 36.4 Å². The molecule has 2 aromatic carbocycles. The number of nitrogens with one attached hydrogen (secondary N) is 2. The number of carbonyl (C=O) groups is 3. The van der Waals surface area contributed by atoms with E-state index in [1.807, 2.05) is 45.9 Å². The van der Waals surface area contributed by atoms with Gasteiger partial charge in [-0.2, -0.15) is 0 Å². The van der Waals surface area contributed by atoms with Gasteiger partial charge in [0.15, 0.2) is 0 Å². The van der Waals surface area contributed by atoms with Crippen LogP contribution in [0, 0.1) is 6.92 Å². The third kappa shape index (κ3) is 4.88. The second kappa shape index (κ2) is 9.61. The summed E-state index contributed by atoms with van der Waals surface area (Å²) in [5.41, 5.74) is 3.26. The lowest BCUT2D eigenvalue weighted by Crippen LogP contribution is -3.00. The Morgan fingerprint density at radius 1 is 0.938 bits per heavy atom. The number of hydrogen-bond acceptors (Lipinski definition) is 4. The minimum absolute atomic E-state index is 0. The second-order valence-corrected chi connectivity index (χ2v) is 8.63. The van der Waals surface area contributed by atoms with E-state index in [9.17, 15) is 14.4 Å². The fourth-order valence-corrected chi connectivity index (χ4v) is 3.79. The van der Waals surface area contributed by atoms with E-state index >= 15 is 0 Å². The normalized spacial score (nSPS) is 12.9. The Kier molecular flexibility index (Phi) is 7.57. The lowest BCUT2D eigenvalue weighted by Gasteiger charge is -2.29. The topological polar surface area (TPSA) is 81.8 Å². The molecule has 1 aliphatic rings. The Morgan fingerprint density at radius 2 is 1.56 bits per heavy atom. The maximum Gasteiger partial charge on any atom is 0.323 e.